The van der Waals surface area contributed by atoms with Crippen LogP contribution in [0.1, 0.15) is 10.4 Å². The highest BCUT2D eigenvalue weighted by atomic mass is 19.3. The molecule has 82 valence electrons. The summed E-state index contributed by atoms with van der Waals surface area (Å²) >= 11 is 0. The molecule has 0 aromatic heterocycles. The van der Waals surface area contributed by atoms with Crippen LogP contribution >= 0.6 is 0 Å². The summed E-state index contributed by atoms with van der Waals surface area (Å²) < 4.78 is 21.6. The minimum atomic E-state index is -1.02. The van der Waals surface area contributed by atoms with Crippen molar-refractivity contribution in [3.05, 3.63) is 29.8 Å². The van der Waals surface area contributed by atoms with Gasteiger partial charge in [0.2, 0.25) is 0 Å². The van der Waals surface area contributed by atoms with E-state index in [0.29, 0.717) is 19.0 Å². The molecule has 0 N–H and O–H groups in total. The number of halogens is 1. The van der Waals surface area contributed by atoms with Crippen LogP contribution in [0.15, 0.2) is 24.3 Å². The fourth-order valence-corrected chi connectivity index (χ4v) is 0.975. The lowest BCUT2D eigenvalue weighted by molar-refractivity contribution is -0.0788. The zero-order valence-corrected chi connectivity index (χ0v) is 8.23. The second-order valence-electron chi connectivity index (χ2n) is 2.73. The highest BCUT2D eigenvalue weighted by Gasteiger charge is 2.06. The average molecular weight is 214 g/mol. The van der Waals surface area contributed by atoms with Crippen LogP contribution in [0.2, 0.25) is 0 Å². The molecule has 5 heteroatoms. The second-order valence-corrected chi connectivity index (χ2v) is 2.73. The third kappa shape index (κ3) is 3.55. The SMILES string of the molecule is COCCOc1ccc(C(=O)OF)cc1. The van der Waals surface area contributed by atoms with Crippen LogP contribution in [0.4, 0.5) is 4.53 Å². The van der Waals surface area contributed by atoms with Gasteiger partial charge in [-0.3, -0.25) is 0 Å². The van der Waals surface area contributed by atoms with E-state index >= 15 is 0 Å². The summed E-state index contributed by atoms with van der Waals surface area (Å²) in [7, 11) is 1.57. The number of rotatable bonds is 5. The monoisotopic (exact) mass is 214 g/mol. The zero-order chi connectivity index (χ0) is 11.1. The molecule has 0 radical (unpaired) electrons. The lowest BCUT2D eigenvalue weighted by atomic mass is 10.2. The Balaban J connectivity index is 2.52. The molecular weight excluding hydrogens is 203 g/mol. The van der Waals surface area contributed by atoms with Crippen LogP contribution in [-0.2, 0) is 9.68 Å². The molecule has 1 rings (SSSR count). The van der Waals surface area contributed by atoms with Crippen LogP contribution in [-0.4, -0.2) is 26.3 Å². The normalized spacial score (nSPS) is 9.73. The highest BCUT2D eigenvalue weighted by molar-refractivity contribution is 5.88. The van der Waals surface area contributed by atoms with Gasteiger partial charge in [0.25, 0.3) is 0 Å². The van der Waals surface area contributed by atoms with E-state index in [9.17, 15) is 9.32 Å². The van der Waals surface area contributed by atoms with Gasteiger partial charge in [0.1, 0.15) is 12.4 Å². The number of hydrogen-bond donors (Lipinski definition) is 0. The Hall–Kier alpha value is -1.62. The summed E-state index contributed by atoms with van der Waals surface area (Å²) in [5.74, 6) is -0.430. The average Bonchev–Trinajstić information content (AvgIpc) is 2.29. The fraction of sp³-hybridized carbons (Fsp3) is 0.300. The van der Waals surface area contributed by atoms with Crippen molar-refractivity contribution in [2.75, 3.05) is 20.3 Å². The molecule has 0 aliphatic carbocycles. The van der Waals surface area contributed by atoms with Crippen molar-refractivity contribution < 1.29 is 23.7 Å². The number of benzene rings is 1. The molecule has 0 aliphatic heterocycles. The second kappa shape index (κ2) is 5.98. The van der Waals surface area contributed by atoms with Crippen LogP contribution in [0.5, 0.6) is 5.75 Å². The topological polar surface area (TPSA) is 44.8 Å². The van der Waals surface area contributed by atoms with Crippen molar-refractivity contribution >= 4 is 5.97 Å². The lowest BCUT2D eigenvalue weighted by Crippen LogP contribution is -2.04. The molecule has 0 amide bonds. The molecule has 0 atom stereocenters. The molecule has 1 aromatic rings. The van der Waals surface area contributed by atoms with E-state index in [0.717, 1.165) is 0 Å². The minimum Gasteiger partial charge on any atom is -0.491 e. The molecule has 0 fully saturated rings. The van der Waals surface area contributed by atoms with Gasteiger partial charge in [-0.2, -0.15) is 0 Å². The summed E-state index contributed by atoms with van der Waals surface area (Å²) in [6.45, 7) is 0.900. The molecule has 0 unspecified atom stereocenters. The molecule has 1 aromatic carbocycles. The van der Waals surface area contributed by atoms with Gasteiger partial charge in [0.05, 0.1) is 12.2 Å². The fourth-order valence-electron chi connectivity index (χ4n) is 0.975. The smallest absolute Gasteiger partial charge is 0.379 e. The van der Waals surface area contributed by atoms with Crippen molar-refractivity contribution in [2.45, 2.75) is 0 Å². The Morgan fingerprint density at radius 2 is 1.93 bits per heavy atom. The first-order valence-electron chi connectivity index (χ1n) is 4.32. The van der Waals surface area contributed by atoms with Crippen molar-refractivity contribution in [3.63, 3.8) is 0 Å². The van der Waals surface area contributed by atoms with Gasteiger partial charge in [-0.05, 0) is 24.3 Å². The molecule has 0 spiro atoms. The third-order valence-corrected chi connectivity index (χ3v) is 1.72. The lowest BCUT2D eigenvalue weighted by Gasteiger charge is -2.05. The van der Waals surface area contributed by atoms with Crippen LogP contribution in [0.25, 0.3) is 0 Å². The highest BCUT2D eigenvalue weighted by Crippen LogP contribution is 2.12. The first-order valence-corrected chi connectivity index (χ1v) is 4.32. The zero-order valence-electron chi connectivity index (χ0n) is 8.23. The predicted octanol–water partition coefficient (Wildman–Crippen LogP) is 1.75. The molecule has 4 nitrogen and oxygen atoms in total. The Morgan fingerprint density at radius 3 is 2.47 bits per heavy atom. The molecule has 0 saturated carbocycles. The Bertz CT molecular complexity index is 310. The molecule has 0 aliphatic rings. The van der Waals surface area contributed by atoms with Gasteiger partial charge in [-0.25, -0.2) is 9.74 Å². The van der Waals surface area contributed by atoms with Crippen molar-refractivity contribution in [2.24, 2.45) is 0 Å². The van der Waals surface area contributed by atoms with Crippen molar-refractivity contribution in [1.29, 1.82) is 0 Å². The number of carbonyl (C=O) groups is 1. The van der Waals surface area contributed by atoms with Gasteiger partial charge < -0.3 is 9.47 Å². The molecule has 15 heavy (non-hydrogen) atoms. The van der Waals surface area contributed by atoms with E-state index in [1.54, 1.807) is 19.2 Å². The number of methoxy groups -OCH3 is 1. The van der Waals surface area contributed by atoms with E-state index < -0.39 is 5.97 Å². The van der Waals surface area contributed by atoms with Gasteiger partial charge in [-0.1, -0.05) is 0 Å². The molecule has 0 heterocycles. The number of carbonyl (C=O) groups excluding carboxylic acids is 1. The van der Waals surface area contributed by atoms with Gasteiger partial charge in [0, 0.05) is 11.6 Å². The maximum atomic E-state index is 11.5. The van der Waals surface area contributed by atoms with Crippen LogP contribution in [0, 0.1) is 0 Å². The standard InChI is InChI=1S/C10H11FO4/c1-13-6-7-14-9-4-2-8(3-5-9)10(12)15-11/h2-5H,6-7H2,1H3. The van der Waals surface area contributed by atoms with Gasteiger partial charge in [-0.15, -0.1) is 0 Å². The van der Waals surface area contributed by atoms with Crippen molar-refractivity contribution in [3.8, 4) is 5.75 Å². The summed E-state index contributed by atoms with van der Waals surface area (Å²) in [6.07, 6.45) is 0. The minimum absolute atomic E-state index is 0.136. The van der Waals surface area contributed by atoms with E-state index in [1.165, 1.54) is 12.1 Å². The summed E-state index contributed by atoms with van der Waals surface area (Å²) in [5.41, 5.74) is 0.136. The van der Waals surface area contributed by atoms with Crippen LogP contribution in [0.3, 0.4) is 0 Å². The maximum Gasteiger partial charge on any atom is 0.379 e. The quantitative estimate of drug-likeness (QED) is 0.700. The Morgan fingerprint density at radius 1 is 1.27 bits per heavy atom. The molecule has 0 bridgehead atoms. The van der Waals surface area contributed by atoms with E-state index in [-0.39, 0.29) is 5.56 Å². The third-order valence-electron chi connectivity index (χ3n) is 1.72. The van der Waals surface area contributed by atoms with E-state index in [1.807, 2.05) is 0 Å². The number of ether oxygens (including phenoxy) is 2. The maximum absolute atomic E-state index is 11.5. The van der Waals surface area contributed by atoms with Crippen molar-refractivity contribution in [1.82, 2.24) is 0 Å². The summed E-state index contributed by atoms with van der Waals surface area (Å²) in [4.78, 5) is 13.8. The predicted molar refractivity (Wildman–Crippen MR) is 50.3 cm³/mol. The van der Waals surface area contributed by atoms with Crippen LogP contribution < -0.4 is 4.74 Å². The van der Waals surface area contributed by atoms with E-state index in [4.69, 9.17) is 9.47 Å². The van der Waals surface area contributed by atoms with Gasteiger partial charge in [0.15, 0.2) is 0 Å². The largest absolute Gasteiger partial charge is 0.491 e. The first-order chi connectivity index (χ1) is 7.27. The van der Waals surface area contributed by atoms with E-state index in [2.05, 4.69) is 4.94 Å². The molecule has 0 saturated heterocycles. The molecular formula is C10H11FO4. The summed E-state index contributed by atoms with van der Waals surface area (Å²) in [5, 5.41) is 0. The number of hydrogen-bond acceptors (Lipinski definition) is 4. The summed E-state index contributed by atoms with van der Waals surface area (Å²) in [6, 6.07) is 5.96. The Kier molecular flexibility index (Phi) is 4.56. The Labute approximate surface area is 86.5 Å². The van der Waals surface area contributed by atoms with Gasteiger partial charge >= 0.3 is 5.97 Å². The first kappa shape index (κ1) is 11.5.